The van der Waals surface area contributed by atoms with Gasteiger partial charge >= 0.3 is 5.97 Å². The van der Waals surface area contributed by atoms with E-state index < -0.39 is 12.5 Å². The predicted molar refractivity (Wildman–Crippen MR) is 151 cm³/mol. The zero-order valence-corrected chi connectivity index (χ0v) is 22.3. The Hall–Kier alpha value is -3.60. The lowest BCUT2D eigenvalue weighted by molar-refractivity contribution is -0.137. The van der Waals surface area contributed by atoms with Crippen molar-refractivity contribution in [2.45, 2.75) is 77.3 Å². The summed E-state index contributed by atoms with van der Waals surface area (Å²) in [5.74, 6) is -0.316. The molecular weight excluding hydrogens is 474 g/mol. The number of ether oxygens (including phenoxy) is 1. The maximum absolute atomic E-state index is 13.6. The first-order valence-electron chi connectivity index (χ1n) is 14.4. The van der Waals surface area contributed by atoms with Gasteiger partial charge in [0.05, 0.1) is 7.98 Å². The van der Waals surface area contributed by atoms with Gasteiger partial charge in [-0.2, -0.15) is 0 Å². The topological polar surface area (TPSA) is 66.8 Å². The second-order valence-electron chi connectivity index (χ2n) is 10.0. The third kappa shape index (κ3) is 7.95. The second-order valence-corrected chi connectivity index (χ2v) is 10.0. The summed E-state index contributed by atoms with van der Waals surface area (Å²) >= 11 is 0. The zero-order valence-electron chi connectivity index (χ0n) is 23.3. The van der Waals surface area contributed by atoms with Crippen LogP contribution < -0.4 is 4.74 Å². The number of unbranched alkanes of at least 4 members (excludes halogenated alkanes) is 3. The quantitative estimate of drug-likeness (QED) is 0.213. The van der Waals surface area contributed by atoms with Gasteiger partial charge < -0.3 is 14.7 Å². The normalized spacial score (nSPS) is 14.0. The minimum Gasteiger partial charge on any atom is -0.493 e. The molecule has 0 saturated heterocycles. The van der Waals surface area contributed by atoms with Gasteiger partial charge in [0, 0.05) is 30.1 Å². The molecule has 1 aliphatic rings. The molecule has 0 aromatic heterocycles. The molecule has 0 spiro atoms. The summed E-state index contributed by atoms with van der Waals surface area (Å²) in [4.78, 5) is 26.0. The van der Waals surface area contributed by atoms with Gasteiger partial charge in [-0.25, -0.2) is 0 Å². The zero-order chi connectivity index (χ0) is 27.6. The van der Waals surface area contributed by atoms with Crippen molar-refractivity contribution in [1.29, 1.82) is 0 Å². The predicted octanol–water partition coefficient (Wildman–Crippen LogP) is 7.52. The number of aliphatic carboxylic acids is 1. The van der Waals surface area contributed by atoms with Gasteiger partial charge in [0.25, 0.3) is 5.91 Å². The first kappa shape index (κ1) is 26.0. The van der Waals surface area contributed by atoms with Crippen molar-refractivity contribution in [2.24, 2.45) is 0 Å². The average Bonchev–Trinajstić information content (AvgIpc) is 3.79. The van der Waals surface area contributed by atoms with Gasteiger partial charge in [-0.05, 0) is 79.8 Å². The van der Waals surface area contributed by atoms with Crippen LogP contribution in [0.1, 0.15) is 81.1 Å². The molecule has 3 aromatic rings. The van der Waals surface area contributed by atoms with Crippen LogP contribution >= 0.6 is 0 Å². The minimum atomic E-state index is -0.872. The van der Waals surface area contributed by atoms with Crippen LogP contribution in [0.5, 0.6) is 5.75 Å². The molecule has 1 aliphatic carbocycles. The van der Waals surface area contributed by atoms with Crippen LogP contribution in [0, 0.1) is 0 Å². The molecule has 1 N–H and O–H groups in total. The number of rotatable bonds is 15. The summed E-state index contributed by atoms with van der Waals surface area (Å²) in [6.07, 6.45) is 7.56. The van der Waals surface area contributed by atoms with Crippen molar-refractivity contribution in [1.82, 2.24) is 4.90 Å². The van der Waals surface area contributed by atoms with Crippen LogP contribution in [0.2, 0.25) is 0 Å². The highest BCUT2D eigenvalue weighted by atomic mass is 16.5. The number of hydrogen-bond donors (Lipinski definition) is 1. The van der Waals surface area contributed by atoms with Gasteiger partial charge in [-0.1, -0.05) is 67.9 Å². The lowest BCUT2D eigenvalue weighted by atomic mass is 10.0. The Labute approximate surface area is 227 Å². The number of aryl methyl sites for hydroxylation is 1. The van der Waals surface area contributed by atoms with Crippen LogP contribution in [0.15, 0.2) is 72.8 Å². The molecule has 200 valence electrons. The van der Waals surface area contributed by atoms with Crippen LogP contribution in [0.4, 0.5) is 0 Å². The van der Waals surface area contributed by atoms with Crippen molar-refractivity contribution in [3.63, 3.8) is 0 Å². The van der Waals surface area contributed by atoms with Crippen LogP contribution in [-0.2, 0) is 17.7 Å². The number of carbonyl (C=O) groups excluding carboxylic acids is 1. The molecule has 38 heavy (non-hydrogen) atoms. The van der Waals surface area contributed by atoms with Gasteiger partial charge in [0.15, 0.2) is 0 Å². The number of nitrogens with zero attached hydrogens (tertiary/aromatic N) is 1. The number of para-hydroxylation sites is 1. The average molecular weight is 515 g/mol. The van der Waals surface area contributed by atoms with Crippen LogP contribution in [0.25, 0.3) is 11.1 Å². The first-order valence-corrected chi connectivity index (χ1v) is 13.9. The molecule has 1 amide bonds. The summed E-state index contributed by atoms with van der Waals surface area (Å²) in [5.41, 5.74) is 4.79. The van der Waals surface area contributed by atoms with E-state index in [9.17, 15) is 9.59 Å². The molecule has 1 unspecified atom stereocenters. The minimum absolute atomic E-state index is 0.0550. The number of hydrogen-bond acceptors (Lipinski definition) is 3. The Bertz CT molecular complexity index is 1220. The fourth-order valence-corrected chi connectivity index (χ4v) is 4.49. The maximum atomic E-state index is 13.6. The van der Waals surface area contributed by atoms with E-state index in [2.05, 4.69) is 31.2 Å². The van der Waals surface area contributed by atoms with E-state index in [-0.39, 0.29) is 18.4 Å². The summed E-state index contributed by atoms with van der Waals surface area (Å²) in [5, 5.41) is 8.79. The Morgan fingerprint density at radius 1 is 0.921 bits per heavy atom. The van der Waals surface area contributed by atoms with Gasteiger partial charge in [-0.15, -0.1) is 0 Å². The molecule has 1 atom stereocenters. The van der Waals surface area contributed by atoms with Crippen molar-refractivity contribution < 1.29 is 20.8 Å². The third-order valence-electron chi connectivity index (χ3n) is 6.90. The lowest BCUT2D eigenvalue weighted by Crippen LogP contribution is -2.32. The molecule has 0 heterocycles. The highest BCUT2D eigenvalue weighted by Crippen LogP contribution is 2.32. The summed E-state index contributed by atoms with van der Waals surface area (Å²) in [6.45, 7) is 1.78. The standard InChI is InChI=1S/C33H39NO4/c1-2-3-9-25-13-15-26(16-14-25)27-17-19-28(20-18-27)33(37)34(30-21-22-30)24-29-10-6-7-11-31(29)38-23-8-4-5-12-32(35)36/h6-7,10-11,13-20,30H,2-5,8-9,12,21-24H2,1H3,(H,35,36)/i24D. The smallest absolute Gasteiger partial charge is 0.303 e. The number of carboxylic acid groups (broad SMARTS) is 1. The Balaban J connectivity index is 1.42. The monoisotopic (exact) mass is 514 g/mol. The SMILES string of the molecule is [2H]C(c1ccccc1OCCCCCC(=O)O)N(C(=O)c1ccc(-c2ccc(CCCC)cc2)cc1)C1CC1. The molecule has 3 aromatic carbocycles. The number of amides is 1. The van der Waals surface area contributed by atoms with Crippen molar-refractivity contribution in [2.75, 3.05) is 6.61 Å². The van der Waals surface area contributed by atoms with Gasteiger partial charge in [0.2, 0.25) is 0 Å². The second kappa shape index (κ2) is 13.8. The van der Waals surface area contributed by atoms with Crippen LogP contribution in [0.3, 0.4) is 0 Å². The Kier molecular flexibility index (Phi) is 9.45. The fraction of sp³-hybridized carbons (Fsp3) is 0.394. The van der Waals surface area contributed by atoms with E-state index in [1.165, 1.54) is 18.4 Å². The molecule has 0 bridgehead atoms. The molecule has 0 aliphatic heterocycles. The molecule has 5 nitrogen and oxygen atoms in total. The third-order valence-corrected chi connectivity index (χ3v) is 6.90. The Morgan fingerprint density at radius 3 is 2.26 bits per heavy atom. The van der Waals surface area contributed by atoms with E-state index >= 15 is 0 Å². The largest absolute Gasteiger partial charge is 0.493 e. The lowest BCUT2D eigenvalue weighted by Gasteiger charge is -2.24. The molecule has 1 fully saturated rings. The molecule has 1 saturated carbocycles. The number of carboxylic acids is 1. The molecular formula is C33H39NO4. The summed E-state index contributed by atoms with van der Waals surface area (Å²) < 4.78 is 15.0. The molecule has 0 radical (unpaired) electrons. The van der Waals surface area contributed by atoms with E-state index in [1.807, 2.05) is 48.5 Å². The highest BCUT2D eigenvalue weighted by Gasteiger charge is 2.33. The Morgan fingerprint density at radius 2 is 1.61 bits per heavy atom. The fourth-order valence-electron chi connectivity index (χ4n) is 4.49. The molecule has 5 heteroatoms. The highest BCUT2D eigenvalue weighted by molar-refractivity contribution is 5.95. The number of benzene rings is 3. The van der Waals surface area contributed by atoms with E-state index in [0.717, 1.165) is 43.2 Å². The first-order chi connectivity index (χ1) is 19.0. The van der Waals surface area contributed by atoms with E-state index in [0.29, 0.717) is 29.9 Å². The summed E-state index contributed by atoms with van der Waals surface area (Å²) in [7, 11) is 0. The maximum Gasteiger partial charge on any atom is 0.303 e. The van der Waals surface area contributed by atoms with Crippen molar-refractivity contribution in [3.05, 3.63) is 89.5 Å². The van der Waals surface area contributed by atoms with Crippen LogP contribution in [-0.4, -0.2) is 34.5 Å². The van der Waals surface area contributed by atoms with Crippen molar-refractivity contribution >= 4 is 11.9 Å². The van der Waals surface area contributed by atoms with Gasteiger partial charge in [0.1, 0.15) is 5.75 Å². The van der Waals surface area contributed by atoms with E-state index in [4.69, 9.17) is 11.2 Å². The van der Waals surface area contributed by atoms with Gasteiger partial charge in [-0.3, -0.25) is 9.59 Å². The number of carbonyl (C=O) groups is 2. The van der Waals surface area contributed by atoms with E-state index in [1.54, 1.807) is 4.90 Å². The molecule has 4 rings (SSSR count). The van der Waals surface area contributed by atoms with Crippen molar-refractivity contribution in [3.8, 4) is 16.9 Å². The summed E-state index contributed by atoms with van der Waals surface area (Å²) in [6, 6.07) is 23.8.